The van der Waals surface area contributed by atoms with Gasteiger partial charge in [0, 0.05) is 24.1 Å². The van der Waals surface area contributed by atoms with Crippen LogP contribution in [-0.2, 0) is 4.79 Å². The summed E-state index contributed by atoms with van der Waals surface area (Å²) in [5.41, 5.74) is 2.11. The number of fused-ring (bicyclic) bond motifs is 1. The molecule has 1 aromatic rings. The van der Waals surface area contributed by atoms with Crippen molar-refractivity contribution in [3.05, 3.63) is 22.2 Å². The monoisotopic (exact) mass is 337 g/mol. The Kier molecular flexibility index (Phi) is 3.52. The summed E-state index contributed by atoms with van der Waals surface area (Å²) in [7, 11) is 2.13. The van der Waals surface area contributed by atoms with Crippen molar-refractivity contribution >= 4 is 39.0 Å². The number of anilines is 2. The minimum atomic E-state index is -0.542. The van der Waals surface area contributed by atoms with E-state index in [1.54, 1.807) is 6.07 Å². The number of nitrogens with zero attached hydrogens (tertiary/aromatic N) is 2. The average molecular weight is 338 g/mol. The highest BCUT2D eigenvalue weighted by Crippen LogP contribution is 2.35. The van der Waals surface area contributed by atoms with Crippen LogP contribution in [0.3, 0.4) is 0 Å². The molecule has 0 atom stereocenters. The predicted octanol–water partition coefficient (Wildman–Crippen LogP) is 1.73. The second-order valence-electron chi connectivity index (χ2n) is 5.28. The Morgan fingerprint density at radius 1 is 1.15 bits per heavy atom. The third-order valence-corrected chi connectivity index (χ3v) is 4.48. The zero-order chi connectivity index (χ0) is 14.3. The molecule has 0 bridgehead atoms. The van der Waals surface area contributed by atoms with E-state index in [9.17, 15) is 9.59 Å². The molecule has 2 aliphatic rings. The quantitative estimate of drug-likeness (QED) is 0.793. The fraction of sp³-hybridized carbons (Fsp3) is 0.429. The second-order valence-corrected chi connectivity index (χ2v) is 6.13. The summed E-state index contributed by atoms with van der Waals surface area (Å²) in [6.45, 7) is 4.02. The van der Waals surface area contributed by atoms with Crippen molar-refractivity contribution in [1.82, 2.24) is 4.90 Å². The molecule has 5 nitrogen and oxygen atoms in total. The van der Waals surface area contributed by atoms with E-state index in [0.29, 0.717) is 11.3 Å². The molecule has 6 heteroatoms. The van der Waals surface area contributed by atoms with Gasteiger partial charge in [0.15, 0.2) is 0 Å². The first-order valence-corrected chi connectivity index (χ1v) is 7.48. The second kappa shape index (κ2) is 5.18. The molecule has 0 saturated carbocycles. The van der Waals surface area contributed by atoms with Crippen LogP contribution in [0, 0.1) is 0 Å². The molecule has 106 valence electrons. The number of hydrogen-bond acceptors (Lipinski definition) is 4. The van der Waals surface area contributed by atoms with Gasteiger partial charge in [0.1, 0.15) is 0 Å². The molecule has 1 fully saturated rings. The Morgan fingerprint density at radius 2 is 1.95 bits per heavy atom. The van der Waals surface area contributed by atoms with Gasteiger partial charge < -0.3 is 15.1 Å². The van der Waals surface area contributed by atoms with Gasteiger partial charge in [0.2, 0.25) is 0 Å². The molecule has 20 heavy (non-hydrogen) atoms. The lowest BCUT2D eigenvalue weighted by Gasteiger charge is -2.24. The van der Waals surface area contributed by atoms with Gasteiger partial charge in [-0.25, -0.2) is 0 Å². The molecule has 1 saturated heterocycles. The first kappa shape index (κ1) is 13.6. The van der Waals surface area contributed by atoms with E-state index in [1.807, 2.05) is 6.07 Å². The van der Waals surface area contributed by atoms with E-state index in [2.05, 4.69) is 38.1 Å². The zero-order valence-corrected chi connectivity index (χ0v) is 12.9. The van der Waals surface area contributed by atoms with E-state index in [0.717, 1.165) is 42.8 Å². The number of halogens is 1. The number of amides is 1. The summed E-state index contributed by atoms with van der Waals surface area (Å²) in [6.07, 6.45) is 1.10. The highest BCUT2D eigenvalue weighted by molar-refractivity contribution is 9.10. The molecule has 0 aliphatic carbocycles. The minimum Gasteiger partial charge on any atom is -0.369 e. The van der Waals surface area contributed by atoms with Crippen LogP contribution in [0.5, 0.6) is 0 Å². The number of benzene rings is 1. The predicted molar refractivity (Wildman–Crippen MR) is 81.4 cm³/mol. The smallest absolute Gasteiger partial charge is 0.296 e. The number of ketones is 1. The fourth-order valence-corrected chi connectivity index (χ4v) is 3.28. The molecule has 3 rings (SSSR count). The summed E-state index contributed by atoms with van der Waals surface area (Å²) in [5.74, 6) is -0.998. The van der Waals surface area contributed by atoms with Gasteiger partial charge in [-0.05, 0) is 48.1 Å². The molecule has 0 aromatic heterocycles. The maximum atomic E-state index is 11.7. The Hall–Kier alpha value is -1.40. The lowest BCUT2D eigenvalue weighted by molar-refractivity contribution is -0.112. The fourth-order valence-electron chi connectivity index (χ4n) is 2.68. The standard InChI is InChI=1S/C14H16BrN3O2/c1-17-3-2-4-18(6-5-17)12-8-11-9(7-10(12)15)13(19)14(20)16-11/h7-8H,2-6H2,1H3,(H,16,19,20). The van der Waals surface area contributed by atoms with E-state index in [1.165, 1.54) is 0 Å². The van der Waals surface area contributed by atoms with Gasteiger partial charge >= 0.3 is 0 Å². The zero-order valence-electron chi connectivity index (χ0n) is 11.3. The lowest BCUT2D eigenvalue weighted by Crippen LogP contribution is -2.29. The number of likely N-dealkylation sites (N-methyl/N-ethyl adjacent to an activating group) is 1. The van der Waals surface area contributed by atoms with Gasteiger partial charge in [0.25, 0.3) is 11.7 Å². The van der Waals surface area contributed by atoms with Crippen molar-refractivity contribution in [2.75, 3.05) is 43.4 Å². The van der Waals surface area contributed by atoms with E-state index in [4.69, 9.17) is 0 Å². The third kappa shape index (κ3) is 2.33. The highest BCUT2D eigenvalue weighted by atomic mass is 79.9. The average Bonchev–Trinajstić information content (AvgIpc) is 2.60. The molecule has 2 heterocycles. The van der Waals surface area contributed by atoms with Crippen molar-refractivity contribution in [2.24, 2.45) is 0 Å². The van der Waals surface area contributed by atoms with Gasteiger partial charge in [0.05, 0.1) is 16.9 Å². The molecular formula is C14H16BrN3O2. The molecule has 1 aromatic carbocycles. The third-order valence-electron chi connectivity index (χ3n) is 3.85. The summed E-state index contributed by atoms with van der Waals surface area (Å²) in [6, 6.07) is 3.65. The van der Waals surface area contributed by atoms with Crippen LogP contribution >= 0.6 is 15.9 Å². The van der Waals surface area contributed by atoms with Gasteiger partial charge in [-0.2, -0.15) is 0 Å². The van der Waals surface area contributed by atoms with Crippen molar-refractivity contribution in [3.8, 4) is 0 Å². The first-order valence-electron chi connectivity index (χ1n) is 6.69. The maximum Gasteiger partial charge on any atom is 0.296 e. The Labute approximate surface area is 126 Å². The van der Waals surface area contributed by atoms with Crippen LogP contribution in [-0.4, -0.2) is 49.8 Å². The summed E-state index contributed by atoms with van der Waals surface area (Å²) in [4.78, 5) is 27.7. The van der Waals surface area contributed by atoms with Crippen LogP contribution in [0.15, 0.2) is 16.6 Å². The van der Waals surface area contributed by atoms with Gasteiger partial charge in [-0.1, -0.05) is 0 Å². The van der Waals surface area contributed by atoms with E-state index in [-0.39, 0.29) is 0 Å². The van der Waals surface area contributed by atoms with Crippen molar-refractivity contribution in [2.45, 2.75) is 6.42 Å². The number of hydrogen-bond donors (Lipinski definition) is 1. The molecule has 0 unspecified atom stereocenters. The number of Topliss-reactive ketones (excluding diaryl/α,β-unsaturated/α-hetero) is 1. The molecule has 2 aliphatic heterocycles. The Bertz CT molecular complexity index is 588. The van der Waals surface area contributed by atoms with E-state index >= 15 is 0 Å². The van der Waals surface area contributed by atoms with Crippen molar-refractivity contribution in [1.29, 1.82) is 0 Å². The summed E-state index contributed by atoms with van der Waals surface area (Å²) >= 11 is 3.53. The molecule has 0 spiro atoms. The molecule has 1 amide bonds. The van der Waals surface area contributed by atoms with Crippen LogP contribution in [0.2, 0.25) is 0 Å². The van der Waals surface area contributed by atoms with Crippen LogP contribution in [0.25, 0.3) is 0 Å². The van der Waals surface area contributed by atoms with Crippen molar-refractivity contribution < 1.29 is 9.59 Å². The lowest BCUT2D eigenvalue weighted by atomic mass is 10.1. The van der Waals surface area contributed by atoms with Gasteiger partial charge in [-0.3, -0.25) is 9.59 Å². The SMILES string of the molecule is CN1CCCN(c2cc3c(cc2Br)C(=O)C(=O)N3)CC1. The van der Waals surface area contributed by atoms with Crippen LogP contribution in [0.1, 0.15) is 16.8 Å². The van der Waals surface area contributed by atoms with E-state index < -0.39 is 11.7 Å². The maximum absolute atomic E-state index is 11.7. The summed E-state index contributed by atoms with van der Waals surface area (Å²) < 4.78 is 0.866. The summed E-state index contributed by atoms with van der Waals surface area (Å²) in [5, 5.41) is 2.63. The number of rotatable bonds is 1. The van der Waals surface area contributed by atoms with Gasteiger partial charge in [-0.15, -0.1) is 0 Å². The molecule has 1 N–H and O–H groups in total. The van der Waals surface area contributed by atoms with Crippen LogP contribution < -0.4 is 10.2 Å². The largest absolute Gasteiger partial charge is 0.369 e. The Morgan fingerprint density at radius 3 is 2.75 bits per heavy atom. The van der Waals surface area contributed by atoms with Crippen molar-refractivity contribution in [3.63, 3.8) is 0 Å². The first-order chi connectivity index (χ1) is 9.56. The molecule has 0 radical (unpaired) electrons. The normalized spacial score (nSPS) is 19.8. The molecular weight excluding hydrogens is 322 g/mol. The number of carbonyl (C=O) groups is 2. The number of carbonyl (C=O) groups excluding carboxylic acids is 2. The highest BCUT2D eigenvalue weighted by Gasteiger charge is 2.30. The topological polar surface area (TPSA) is 52.7 Å². The number of nitrogens with one attached hydrogen (secondary N) is 1. The Balaban J connectivity index is 1.93. The van der Waals surface area contributed by atoms with Crippen LogP contribution in [0.4, 0.5) is 11.4 Å². The minimum absolute atomic E-state index is 0.456.